The summed E-state index contributed by atoms with van der Waals surface area (Å²) in [6.45, 7) is 0.273. The van der Waals surface area contributed by atoms with Gasteiger partial charge in [-0.05, 0) is 49.4 Å². The van der Waals surface area contributed by atoms with E-state index >= 15 is 0 Å². The summed E-state index contributed by atoms with van der Waals surface area (Å²) in [6.07, 6.45) is 4.75. The molecule has 5 unspecified atom stereocenters. The zero-order chi connectivity index (χ0) is 9.71. The largest absolute Gasteiger partial charge is 0.395 e. The van der Waals surface area contributed by atoms with E-state index in [0.717, 1.165) is 24.2 Å². The minimum absolute atomic E-state index is 0.0303. The number of carbonyl (C=O) groups is 2. The third kappa shape index (κ3) is 1.04. The average Bonchev–Trinajstić information content (AvgIpc) is 2.99. The SMILES string of the molecule is O=COC(=O)C1CC2CCC1C1CC21. The van der Waals surface area contributed by atoms with E-state index in [9.17, 15) is 9.59 Å². The molecule has 4 saturated carbocycles. The first kappa shape index (κ1) is 8.45. The van der Waals surface area contributed by atoms with Crippen LogP contribution in [-0.4, -0.2) is 12.4 Å². The smallest absolute Gasteiger partial charge is 0.316 e. The van der Waals surface area contributed by atoms with Crippen molar-refractivity contribution >= 4 is 12.4 Å². The maximum absolute atomic E-state index is 11.5. The van der Waals surface area contributed by atoms with E-state index in [0.29, 0.717) is 5.92 Å². The van der Waals surface area contributed by atoms with Gasteiger partial charge in [-0.1, -0.05) is 0 Å². The van der Waals surface area contributed by atoms with Crippen LogP contribution in [0.15, 0.2) is 0 Å². The normalized spacial score (nSPS) is 48.1. The lowest BCUT2D eigenvalue weighted by molar-refractivity contribution is -0.159. The van der Waals surface area contributed by atoms with Gasteiger partial charge < -0.3 is 4.74 Å². The Labute approximate surface area is 82.8 Å². The number of ether oxygens (including phenoxy) is 1. The fourth-order valence-corrected chi connectivity index (χ4v) is 3.80. The second-order valence-electron chi connectivity index (χ2n) is 4.94. The summed E-state index contributed by atoms with van der Waals surface area (Å²) in [5, 5.41) is 0. The molecule has 0 heterocycles. The van der Waals surface area contributed by atoms with Crippen LogP contribution in [0.2, 0.25) is 0 Å². The molecule has 0 N–H and O–H groups in total. The van der Waals surface area contributed by atoms with Crippen LogP contribution < -0.4 is 0 Å². The van der Waals surface area contributed by atoms with Crippen molar-refractivity contribution < 1.29 is 14.3 Å². The molecule has 0 aromatic heterocycles. The standard InChI is InChI=1S/C11H14O3/c12-5-14-11(13)10-3-6-1-2-7(10)9-4-8(6)9/h5-10H,1-4H2. The van der Waals surface area contributed by atoms with Gasteiger partial charge in [0.25, 0.3) is 0 Å². The van der Waals surface area contributed by atoms with Gasteiger partial charge in [0.05, 0.1) is 5.92 Å². The Morgan fingerprint density at radius 1 is 1.14 bits per heavy atom. The summed E-state index contributed by atoms with van der Waals surface area (Å²) in [5.74, 6) is 2.72. The molecule has 2 bridgehead atoms. The number of hydrogen-bond donors (Lipinski definition) is 0. The lowest BCUT2D eigenvalue weighted by atomic mass is 9.65. The molecule has 3 heteroatoms. The summed E-state index contributed by atoms with van der Waals surface area (Å²) in [4.78, 5) is 21.6. The predicted molar refractivity (Wildman–Crippen MR) is 48.1 cm³/mol. The van der Waals surface area contributed by atoms with Crippen LogP contribution in [0.5, 0.6) is 0 Å². The topological polar surface area (TPSA) is 43.4 Å². The first-order valence-corrected chi connectivity index (χ1v) is 5.45. The molecule has 4 aliphatic carbocycles. The molecular weight excluding hydrogens is 180 g/mol. The van der Waals surface area contributed by atoms with E-state index in [1.165, 1.54) is 19.3 Å². The van der Waals surface area contributed by atoms with Crippen LogP contribution >= 0.6 is 0 Å². The van der Waals surface area contributed by atoms with Crippen LogP contribution in [0, 0.1) is 29.6 Å². The fourth-order valence-electron chi connectivity index (χ4n) is 3.80. The highest BCUT2D eigenvalue weighted by atomic mass is 16.6. The van der Waals surface area contributed by atoms with Crippen LogP contribution in [0.4, 0.5) is 0 Å². The quantitative estimate of drug-likeness (QED) is 0.379. The molecule has 76 valence electrons. The minimum Gasteiger partial charge on any atom is -0.395 e. The van der Waals surface area contributed by atoms with Gasteiger partial charge in [0.15, 0.2) is 0 Å². The van der Waals surface area contributed by atoms with Crippen molar-refractivity contribution in [1.82, 2.24) is 0 Å². The second-order valence-corrected chi connectivity index (χ2v) is 4.94. The molecular formula is C11H14O3. The molecule has 0 aliphatic heterocycles. The molecule has 0 spiro atoms. The molecule has 14 heavy (non-hydrogen) atoms. The highest BCUT2D eigenvalue weighted by Crippen LogP contribution is 2.64. The number of carbonyl (C=O) groups excluding carboxylic acids is 2. The summed E-state index contributed by atoms with van der Waals surface area (Å²) in [6, 6.07) is 0. The highest BCUT2D eigenvalue weighted by Gasteiger charge is 2.58. The lowest BCUT2D eigenvalue weighted by Crippen LogP contribution is -2.38. The number of hydrogen-bond acceptors (Lipinski definition) is 3. The third-order valence-electron chi connectivity index (χ3n) is 4.46. The molecule has 0 aromatic rings. The van der Waals surface area contributed by atoms with Crippen molar-refractivity contribution in [3.05, 3.63) is 0 Å². The Kier molecular flexibility index (Phi) is 1.70. The number of esters is 1. The molecule has 3 nitrogen and oxygen atoms in total. The van der Waals surface area contributed by atoms with Crippen molar-refractivity contribution in [1.29, 1.82) is 0 Å². The monoisotopic (exact) mass is 194 g/mol. The third-order valence-corrected chi connectivity index (χ3v) is 4.46. The van der Waals surface area contributed by atoms with Gasteiger partial charge in [0, 0.05) is 0 Å². The Bertz CT molecular complexity index is 286. The fraction of sp³-hybridized carbons (Fsp3) is 0.818. The Morgan fingerprint density at radius 3 is 2.71 bits per heavy atom. The van der Waals surface area contributed by atoms with E-state index in [1.807, 2.05) is 0 Å². The Hall–Kier alpha value is -0.860. The van der Waals surface area contributed by atoms with Crippen LogP contribution in [0.3, 0.4) is 0 Å². The van der Waals surface area contributed by atoms with Gasteiger partial charge in [0.1, 0.15) is 0 Å². The van der Waals surface area contributed by atoms with Crippen molar-refractivity contribution in [3.8, 4) is 0 Å². The Balaban J connectivity index is 1.76. The minimum atomic E-state index is -0.278. The summed E-state index contributed by atoms with van der Waals surface area (Å²) < 4.78 is 4.48. The van der Waals surface area contributed by atoms with Gasteiger partial charge in [-0.2, -0.15) is 0 Å². The van der Waals surface area contributed by atoms with Crippen molar-refractivity contribution in [3.63, 3.8) is 0 Å². The Morgan fingerprint density at radius 2 is 2.00 bits per heavy atom. The van der Waals surface area contributed by atoms with Crippen molar-refractivity contribution in [2.45, 2.75) is 25.7 Å². The molecule has 4 aliphatic rings. The molecule has 4 fully saturated rings. The molecule has 0 amide bonds. The summed E-state index contributed by atoms with van der Waals surface area (Å²) in [7, 11) is 0. The second kappa shape index (κ2) is 2.81. The molecule has 0 aromatic carbocycles. The molecule has 0 saturated heterocycles. The van der Waals surface area contributed by atoms with E-state index < -0.39 is 0 Å². The van der Waals surface area contributed by atoms with Gasteiger partial charge in [-0.3, -0.25) is 9.59 Å². The van der Waals surface area contributed by atoms with Gasteiger partial charge in [-0.15, -0.1) is 0 Å². The zero-order valence-corrected chi connectivity index (χ0v) is 8.02. The maximum Gasteiger partial charge on any atom is 0.316 e. The molecule has 4 rings (SSSR count). The van der Waals surface area contributed by atoms with Crippen molar-refractivity contribution in [2.24, 2.45) is 29.6 Å². The van der Waals surface area contributed by atoms with Gasteiger partial charge in [0.2, 0.25) is 0 Å². The van der Waals surface area contributed by atoms with Crippen LogP contribution in [0.25, 0.3) is 0 Å². The first-order chi connectivity index (χ1) is 6.81. The summed E-state index contributed by atoms with van der Waals surface area (Å²) >= 11 is 0. The zero-order valence-electron chi connectivity index (χ0n) is 8.02. The maximum atomic E-state index is 11.5. The highest BCUT2D eigenvalue weighted by molar-refractivity contribution is 5.79. The van der Waals surface area contributed by atoms with Crippen molar-refractivity contribution in [2.75, 3.05) is 0 Å². The van der Waals surface area contributed by atoms with E-state index in [2.05, 4.69) is 4.74 Å². The average molecular weight is 194 g/mol. The van der Waals surface area contributed by atoms with E-state index in [4.69, 9.17) is 0 Å². The van der Waals surface area contributed by atoms with Gasteiger partial charge in [-0.25, -0.2) is 0 Å². The summed E-state index contributed by atoms with van der Waals surface area (Å²) in [5.41, 5.74) is 0. The van der Waals surface area contributed by atoms with E-state index in [1.54, 1.807) is 0 Å². The van der Waals surface area contributed by atoms with Gasteiger partial charge >= 0.3 is 12.4 Å². The van der Waals surface area contributed by atoms with E-state index in [-0.39, 0.29) is 18.4 Å². The van der Waals surface area contributed by atoms with Crippen LogP contribution in [-0.2, 0) is 14.3 Å². The molecule has 5 atom stereocenters. The van der Waals surface area contributed by atoms with Crippen LogP contribution in [0.1, 0.15) is 25.7 Å². The lowest BCUT2D eigenvalue weighted by Gasteiger charge is -2.40. The molecule has 0 radical (unpaired) electrons. The number of rotatable bonds is 2. The predicted octanol–water partition coefficient (Wildman–Crippen LogP) is 1.37. The number of fused-ring (bicyclic) bond motifs is 2. The first-order valence-electron chi connectivity index (χ1n) is 5.45.